The predicted molar refractivity (Wildman–Crippen MR) is 540 cm³/mol. The van der Waals surface area contributed by atoms with E-state index in [4.69, 9.17) is 59.3 Å². The summed E-state index contributed by atoms with van der Waals surface area (Å²) < 4.78 is 147. The normalized spacial score (nSPS) is 17.0. The monoisotopic (exact) mass is 1990 g/mol. The fourth-order valence-electron chi connectivity index (χ4n) is 19.7. The molecule has 21 rings (SSSR count). The van der Waals surface area contributed by atoms with E-state index in [1.807, 2.05) is 81.1 Å². The molecule has 3 aliphatic heterocycles. The summed E-state index contributed by atoms with van der Waals surface area (Å²) >= 11 is 0. The molecule has 9 aromatic heterocycles. The number of halogens is 9. The van der Waals surface area contributed by atoms with Crippen molar-refractivity contribution in [2.45, 2.75) is 229 Å². The average Bonchev–Trinajstić information content (AvgIpc) is 1.61. The van der Waals surface area contributed by atoms with Crippen LogP contribution in [0.3, 0.4) is 0 Å². The van der Waals surface area contributed by atoms with Crippen LogP contribution in [0.5, 0.6) is 0 Å². The number of fused-ring (bicyclic) bond motifs is 3. The van der Waals surface area contributed by atoms with Gasteiger partial charge in [-0.05, 0) is 267 Å². The number of pyridine rings is 3. The maximum atomic E-state index is 13.9. The lowest BCUT2D eigenvalue weighted by molar-refractivity contribution is -0.138. The van der Waals surface area contributed by atoms with Crippen LogP contribution < -0.4 is 44.1 Å². The van der Waals surface area contributed by atoms with Crippen LogP contribution in [-0.2, 0) is 90.1 Å². The molecule has 0 bridgehead atoms. The predicted octanol–water partition coefficient (Wildman–Crippen LogP) is 20.7. The second-order valence-electron chi connectivity index (χ2n) is 43.3. The van der Waals surface area contributed by atoms with E-state index < -0.39 is 41.3 Å². The first kappa shape index (κ1) is 100. The number of benzene rings is 3. The van der Waals surface area contributed by atoms with Crippen molar-refractivity contribution in [3.63, 3.8) is 0 Å². The summed E-state index contributed by atoms with van der Waals surface area (Å²) in [5, 5.41) is 17.4. The van der Waals surface area contributed by atoms with Crippen molar-refractivity contribution in [3.8, 4) is 0 Å². The Hall–Kier alpha value is -12.3. The summed E-state index contributed by atoms with van der Waals surface area (Å²) in [6.07, 6.45) is 11.1. The minimum Gasteiger partial charge on any atom is -0.447 e. The molecule has 144 heavy (non-hydrogen) atoms. The third kappa shape index (κ3) is 24.6. The first-order valence-electron chi connectivity index (χ1n) is 50.9. The van der Waals surface area contributed by atoms with Gasteiger partial charge in [0.1, 0.15) is 24.1 Å². The molecule has 0 spiro atoms. The Morgan fingerprint density at radius 2 is 0.625 bits per heavy atom. The van der Waals surface area contributed by atoms with Gasteiger partial charge >= 0.3 is 24.6 Å². The molecule has 1 amide bonds. The molecule has 9 aliphatic rings. The number of amides is 1. The van der Waals surface area contributed by atoms with E-state index in [1.54, 1.807) is 51.6 Å². The van der Waals surface area contributed by atoms with E-state index in [0.717, 1.165) is 167 Å². The van der Waals surface area contributed by atoms with Crippen LogP contribution in [0.1, 0.15) is 202 Å². The Morgan fingerprint density at radius 1 is 0.340 bits per heavy atom. The molecule has 37 heteroatoms. The van der Waals surface area contributed by atoms with Crippen molar-refractivity contribution in [2.75, 3.05) is 149 Å². The van der Waals surface area contributed by atoms with E-state index in [2.05, 4.69) is 99.3 Å². The molecule has 0 radical (unpaired) electrons. The third-order valence-electron chi connectivity index (χ3n) is 28.2. The molecule has 0 atom stereocenters. The minimum absolute atomic E-state index is 0.124. The number of morpholine rings is 2. The first-order valence-corrected chi connectivity index (χ1v) is 50.9. The zero-order valence-corrected chi connectivity index (χ0v) is 84.7. The van der Waals surface area contributed by atoms with Gasteiger partial charge in [-0.1, -0.05) is 34.9 Å². The van der Waals surface area contributed by atoms with Crippen molar-refractivity contribution >= 4 is 91.6 Å². The number of nitrogens with zero attached hydrogens (tertiary/aromatic N) is 24. The number of ether oxygens (including phenoxy) is 3. The molecule has 0 unspecified atom stereocenters. The molecule has 12 heterocycles. The standard InChI is InChI=1S/C37H47F3N8O.C36H43F3N8O2.C34H41F3N8O/c1-24-14-28(16-30(15-24)37(38,39)40)22-47(35-41-18-31(19-42-35)45-10-12-49-13-11-45)23-29-17-32-25(2)44-48(36(3,4)5)34(32)43-33(29)46(20-26-6-7-26)21-27-8-9-27;1-22-12-26(14-28(13-22)36(37,38)39)20-45(33-40-16-29(17-41-33)46-10-11-49-34(46)48)21-27-15-30-23(2)43-47(35(3,4)5)32(30)42-31(27)44(18-24-6-7-24)19-25-8-9-25;1-22-12-26(14-28(13-22)34(35,36)37)20-45(33-38-16-29(17-39-33)43-8-10-46-11-9-43)21-27-15-30-23(2)41-42(3)32(30)40-31(27)44(18-24-4-5-24)19-25-6-7-25/h14-19,26-27H,6-13,20-23H2,1-5H3;12-17,24-25H,6-11,18-21H2,1-5H3;12-17,24-25H,4-11,18-21H2,1-3H3. The number of anilines is 9. The lowest BCUT2D eigenvalue weighted by atomic mass is 10.1. The van der Waals surface area contributed by atoms with Crippen LogP contribution in [-0.4, -0.2) is 185 Å². The molecular formula is C107H131F9N24O4. The number of carbonyl (C=O) groups is 1. The van der Waals surface area contributed by atoms with Gasteiger partial charge in [-0.2, -0.15) is 54.8 Å². The van der Waals surface area contributed by atoms with Crippen LogP contribution in [0.15, 0.2) is 110 Å². The van der Waals surface area contributed by atoms with E-state index in [0.29, 0.717) is 145 Å². The Labute approximate surface area is 834 Å². The molecule has 28 nitrogen and oxygen atoms in total. The van der Waals surface area contributed by atoms with Gasteiger partial charge in [-0.3, -0.25) is 9.58 Å². The Morgan fingerprint density at radius 3 is 0.903 bits per heavy atom. The second-order valence-corrected chi connectivity index (χ2v) is 43.3. The van der Waals surface area contributed by atoms with Gasteiger partial charge < -0.3 is 53.4 Å². The van der Waals surface area contributed by atoms with Crippen LogP contribution >= 0.6 is 0 Å². The Balaban J connectivity index is 0.000000137. The summed E-state index contributed by atoms with van der Waals surface area (Å²) in [4.78, 5) is 75.7. The van der Waals surface area contributed by atoms with Crippen molar-refractivity contribution in [1.29, 1.82) is 0 Å². The number of carbonyl (C=O) groups excluding carboxylic acids is 1. The van der Waals surface area contributed by atoms with Gasteiger partial charge in [-0.25, -0.2) is 59.0 Å². The number of hydrogen-bond donors (Lipinski definition) is 0. The molecule has 766 valence electrons. The van der Waals surface area contributed by atoms with Gasteiger partial charge in [-0.15, -0.1) is 0 Å². The van der Waals surface area contributed by atoms with E-state index >= 15 is 0 Å². The zero-order valence-electron chi connectivity index (χ0n) is 84.7. The molecule has 6 aliphatic carbocycles. The van der Waals surface area contributed by atoms with Crippen molar-refractivity contribution in [3.05, 3.63) is 194 Å². The maximum absolute atomic E-state index is 13.9. The molecule has 0 N–H and O–H groups in total. The van der Waals surface area contributed by atoms with E-state index in [-0.39, 0.29) is 37.3 Å². The smallest absolute Gasteiger partial charge is 0.416 e. The Kier molecular flexibility index (Phi) is 28.6. The minimum atomic E-state index is -4.48. The third-order valence-corrected chi connectivity index (χ3v) is 28.2. The number of aryl methyl sites for hydroxylation is 7. The number of rotatable bonds is 33. The van der Waals surface area contributed by atoms with Crippen LogP contribution in [0.25, 0.3) is 33.1 Å². The number of alkyl halides is 9. The number of aromatic nitrogens is 15. The number of hydrogen-bond acceptors (Lipinski definition) is 24. The van der Waals surface area contributed by atoms with Gasteiger partial charge in [0.05, 0.1) is 132 Å². The lowest BCUT2D eigenvalue weighted by Crippen LogP contribution is -2.36. The van der Waals surface area contributed by atoms with Crippen LogP contribution in [0, 0.1) is 77.0 Å². The highest BCUT2D eigenvalue weighted by atomic mass is 19.4. The second kappa shape index (κ2) is 41.0. The summed E-state index contributed by atoms with van der Waals surface area (Å²) in [6.45, 7) is 37.3. The lowest BCUT2D eigenvalue weighted by Gasteiger charge is -2.31. The fraction of sp³-hybridized carbons (Fsp3) is 0.542. The molecule has 12 aromatic rings. The summed E-state index contributed by atoms with van der Waals surface area (Å²) in [5.74, 6) is 7.83. The van der Waals surface area contributed by atoms with E-state index in [9.17, 15) is 44.3 Å². The average molecular weight is 1990 g/mol. The molecule has 9 fully saturated rings. The molecule has 3 saturated heterocycles. The van der Waals surface area contributed by atoms with Crippen molar-refractivity contribution < 1.29 is 58.5 Å². The highest BCUT2D eigenvalue weighted by Gasteiger charge is 2.41. The summed E-state index contributed by atoms with van der Waals surface area (Å²) in [6, 6.07) is 19.1. The van der Waals surface area contributed by atoms with E-state index in [1.165, 1.54) is 112 Å². The number of cyclic esters (lactones) is 1. The molecule has 6 saturated carbocycles. The first-order chi connectivity index (χ1) is 68.6. The quantitative estimate of drug-likeness (QED) is 0.0347. The van der Waals surface area contributed by atoms with Gasteiger partial charge in [0, 0.05) is 145 Å². The van der Waals surface area contributed by atoms with Gasteiger partial charge in [0.15, 0.2) is 16.9 Å². The van der Waals surface area contributed by atoms with Crippen LogP contribution in [0.2, 0.25) is 0 Å². The highest BCUT2D eigenvalue weighted by Crippen LogP contribution is 2.45. The molecular weight excluding hydrogens is 1860 g/mol. The Bertz CT molecular complexity index is 6540. The van der Waals surface area contributed by atoms with Gasteiger partial charge in [0.25, 0.3) is 0 Å². The topological polar surface area (TPSA) is 243 Å². The SMILES string of the molecule is Cc1cc(CN(Cc2cc3c(C)nn(C(C)(C)C)c3nc2N(CC2CC2)CC2CC2)c2ncc(N3CCOC3=O)cn2)cc(C(F)(F)F)c1.Cc1cc(CN(Cc2cc3c(C)nn(C(C)(C)C)c3nc2N(CC2CC2)CC2CC2)c2ncc(N3CCOCC3)cn2)cc(C(F)(F)F)c1.Cc1cc(CN(Cc2cc3c(C)nn(C)c3nc2N(CC2CC2)CC2CC2)c2ncc(N3CCOCC3)cn2)cc(C(F)(F)F)c1. The fourth-order valence-corrected chi connectivity index (χ4v) is 19.7. The van der Waals surface area contributed by atoms with Crippen LogP contribution in [0.4, 0.5) is 96.7 Å². The summed E-state index contributed by atoms with van der Waals surface area (Å²) in [7, 11) is 1.92. The largest absolute Gasteiger partial charge is 0.447 e. The van der Waals surface area contributed by atoms with Gasteiger partial charge in [0.2, 0.25) is 17.8 Å². The van der Waals surface area contributed by atoms with Crippen molar-refractivity contribution in [2.24, 2.45) is 42.6 Å². The zero-order chi connectivity index (χ0) is 101. The maximum Gasteiger partial charge on any atom is 0.416 e. The summed E-state index contributed by atoms with van der Waals surface area (Å²) in [5.41, 5.74) is 11.0. The van der Waals surface area contributed by atoms with Crippen molar-refractivity contribution in [1.82, 2.24) is 74.2 Å². The molecule has 3 aromatic carbocycles. The highest BCUT2D eigenvalue weighted by molar-refractivity contribution is 5.89.